The zero-order valence-electron chi connectivity index (χ0n) is 10.8. The van der Waals surface area contributed by atoms with Crippen molar-refractivity contribution in [3.63, 3.8) is 0 Å². The Bertz CT molecular complexity index is 395. The fraction of sp³-hybridized carbons (Fsp3) is 0.538. The quantitative estimate of drug-likeness (QED) is 0.752. The molecule has 0 unspecified atom stereocenters. The highest BCUT2D eigenvalue weighted by molar-refractivity contribution is 5.34. The number of nitrogens with one attached hydrogen (secondary N) is 1. The fourth-order valence-corrected chi connectivity index (χ4v) is 1.63. The van der Waals surface area contributed by atoms with Gasteiger partial charge in [-0.25, -0.2) is 9.97 Å². The highest BCUT2D eigenvalue weighted by atomic mass is 15.2. The van der Waals surface area contributed by atoms with Crippen LogP contribution in [-0.2, 0) is 6.54 Å². The first-order valence-electron chi connectivity index (χ1n) is 5.88. The molecule has 4 nitrogen and oxygen atoms in total. The van der Waals surface area contributed by atoms with E-state index in [1.54, 1.807) is 0 Å². The molecule has 1 N–H and O–H groups in total. The van der Waals surface area contributed by atoms with Crippen LogP contribution in [-0.4, -0.2) is 30.1 Å². The maximum atomic E-state index is 5.36. The van der Waals surface area contributed by atoms with Crippen molar-refractivity contribution in [1.82, 2.24) is 15.3 Å². The van der Waals surface area contributed by atoms with Gasteiger partial charge in [0.25, 0.3) is 0 Å². The smallest absolute Gasteiger partial charge is 0.226 e. The molecule has 17 heavy (non-hydrogen) atoms. The summed E-state index contributed by atoms with van der Waals surface area (Å²) in [7, 11) is 1.91. The van der Waals surface area contributed by atoms with Gasteiger partial charge in [0.05, 0.1) is 6.54 Å². The molecule has 0 aliphatic heterocycles. The largest absolute Gasteiger partial charge is 0.330 e. The molecule has 0 bridgehead atoms. The van der Waals surface area contributed by atoms with Crippen LogP contribution in [0.25, 0.3) is 0 Å². The van der Waals surface area contributed by atoms with Gasteiger partial charge < -0.3 is 10.2 Å². The fourth-order valence-electron chi connectivity index (χ4n) is 1.63. The summed E-state index contributed by atoms with van der Waals surface area (Å²) in [6.07, 6.45) is 8.25. The lowest BCUT2D eigenvalue weighted by atomic mass is 10.2. The summed E-state index contributed by atoms with van der Waals surface area (Å²) in [4.78, 5) is 10.9. The molecule has 0 aromatic carbocycles. The third kappa shape index (κ3) is 3.72. The molecule has 0 aliphatic carbocycles. The van der Waals surface area contributed by atoms with Crippen molar-refractivity contribution < 1.29 is 0 Å². The Morgan fingerprint density at radius 2 is 2.29 bits per heavy atom. The number of aryl methyl sites for hydroxylation is 1. The van der Waals surface area contributed by atoms with Crippen molar-refractivity contribution in [2.45, 2.75) is 26.8 Å². The SMILES string of the molecule is C#CCN(CCC)c1ncc(CNC)c(C)n1. The first kappa shape index (κ1) is 13.5. The number of rotatable bonds is 6. The molecule has 0 fully saturated rings. The van der Waals surface area contributed by atoms with Crippen LogP contribution in [0.3, 0.4) is 0 Å². The van der Waals surface area contributed by atoms with Gasteiger partial charge in [-0.1, -0.05) is 12.8 Å². The number of aromatic nitrogens is 2. The molecule has 0 atom stereocenters. The molecule has 1 rings (SSSR count). The average Bonchev–Trinajstić information content (AvgIpc) is 2.32. The maximum absolute atomic E-state index is 5.36. The zero-order chi connectivity index (χ0) is 12.7. The van der Waals surface area contributed by atoms with Gasteiger partial charge in [-0.2, -0.15) is 0 Å². The minimum Gasteiger partial charge on any atom is -0.330 e. The van der Waals surface area contributed by atoms with E-state index >= 15 is 0 Å². The molecule has 1 aromatic rings. The third-order valence-electron chi connectivity index (χ3n) is 2.49. The number of terminal acetylenes is 1. The van der Waals surface area contributed by atoms with Crippen LogP contribution < -0.4 is 10.2 Å². The molecule has 0 saturated heterocycles. The van der Waals surface area contributed by atoms with Crippen LogP contribution in [0.15, 0.2) is 6.20 Å². The molecule has 1 heterocycles. The zero-order valence-corrected chi connectivity index (χ0v) is 10.8. The van der Waals surface area contributed by atoms with E-state index in [9.17, 15) is 0 Å². The predicted molar refractivity (Wildman–Crippen MR) is 70.9 cm³/mol. The number of hydrogen-bond donors (Lipinski definition) is 1. The van der Waals surface area contributed by atoms with E-state index in [1.165, 1.54) is 0 Å². The van der Waals surface area contributed by atoms with Crippen molar-refractivity contribution in [1.29, 1.82) is 0 Å². The van der Waals surface area contributed by atoms with E-state index in [4.69, 9.17) is 6.42 Å². The maximum Gasteiger partial charge on any atom is 0.226 e. The molecule has 0 saturated carbocycles. The lowest BCUT2D eigenvalue weighted by Gasteiger charge is -2.20. The number of hydrogen-bond acceptors (Lipinski definition) is 4. The van der Waals surface area contributed by atoms with Crippen molar-refractivity contribution in [2.24, 2.45) is 0 Å². The van der Waals surface area contributed by atoms with Crippen LogP contribution in [0, 0.1) is 19.3 Å². The van der Waals surface area contributed by atoms with E-state index in [2.05, 4.69) is 28.1 Å². The van der Waals surface area contributed by atoms with Crippen molar-refractivity contribution in [3.05, 3.63) is 17.5 Å². The Balaban J connectivity index is 2.90. The molecule has 0 radical (unpaired) electrons. The third-order valence-corrected chi connectivity index (χ3v) is 2.49. The standard InChI is InChI=1S/C13H20N4/c1-5-7-17(8-6-2)13-15-10-12(9-14-4)11(3)16-13/h1,10,14H,6-9H2,2-4H3. The van der Waals surface area contributed by atoms with Crippen molar-refractivity contribution >= 4 is 5.95 Å². The van der Waals surface area contributed by atoms with Gasteiger partial charge in [-0.15, -0.1) is 6.42 Å². The summed E-state index contributed by atoms with van der Waals surface area (Å²) < 4.78 is 0. The van der Waals surface area contributed by atoms with Crippen LogP contribution in [0.1, 0.15) is 24.6 Å². The molecular formula is C13H20N4. The highest BCUT2D eigenvalue weighted by Crippen LogP contribution is 2.11. The lowest BCUT2D eigenvalue weighted by molar-refractivity contribution is 0.765. The summed E-state index contributed by atoms with van der Waals surface area (Å²) in [6, 6.07) is 0. The van der Waals surface area contributed by atoms with E-state index in [-0.39, 0.29) is 0 Å². The Morgan fingerprint density at radius 1 is 1.53 bits per heavy atom. The van der Waals surface area contributed by atoms with Gasteiger partial charge in [0, 0.05) is 30.5 Å². The molecule has 92 valence electrons. The van der Waals surface area contributed by atoms with Gasteiger partial charge in [-0.3, -0.25) is 0 Å². The summed E-state index contributed by atoms with van der Waals surface area (Å²) in [5, 5.41) is 3.10. The monoisotopic (exact) mass is 232 g/mol. The first-order chi connectivity index (χ1) is 8.22. The Labute approximate surface area is 103 Å². The Morgan fingerprint density at radius 3 is 2.82 bits per heavy atom. The van der Waals surface area contributed by atoms with E-state index in [1.807, 2.05) is 25.1 Å². The van der Waals surface area contributed by atoms with Crippen LogP contribution in [0.2, 0.25) is 0 Å². The van der Waals surface area contributed by atoms with Gasteiger partial charge >= 0.3 is 0 Å². The summed E-state index contributed by atoms with van der Waals surface area (Å²) in [5.74, 6) is 3.37. The second kappa shape index (κ2) is 6.87. The van der Waals surface area contributed by atoms with Crippen molar-refractivity contribution in [2.75, 3.05) is 25.0 Å². The van der Waals surface area contributed by atoms with Gasteiger partial charge in [0.2, 0.25) is 5.95 Å². The highest BCUT2D eigenvalue weighted by Gasteiger charge is 2.09. The Kier molecular flexibility index (Phi) is 5.44. The molecule has 1 aromatic heterocycles. The van der Waals surface area contributed by atoms with Crippen molar-refractivity contribution in [3.8, 4) is 12.3 Å². The topological polar surface area (TPSA) is 41.1 Å². The van der Waals surface area contributed by atoms with Crippen LogP contribution in [0.4, 0.5) is 5.95 Å². The van der Waals surface area contributed by atoms with E-state index in [0.29, 0.717) is 6.54 Å². The lowest BCUT2D eigenvalue weighted by Crippen LogP contribution is -2.27. The summed E-state index contributed by atoms with van der Waals surface area (Å²) in [5.41, 5.74) is 2.12. The molecular weight excluding hydrogens is 212 g/mol. The normalized spacial score (nSPS) is 10.0. The predicted octanol–water partition coefficient (Wildman–Crippen LogP) is 1.35. The number of nitrogens with zero attached hydrogens (tertiary/aromatic N) is 3. The van der Waals surface area contributed by atoms with Crippen LogP contribution >= 0.6 is 0 Å². The van der Waals surface area contributed by atoms with Gasteiger partial charge in [0.1, 0.15) is 0 Å². The van der Waals surface area contributed by atoms with E-state index < -0.39 is 0 Å². The molecule has 0 amide bonds. The average molecular weight is 232 g/mol. The van der Waals surface area contributed by atoms with Crippen LogP contribution in [0.5, 0.6) is 0 Å². The van der Waals surface area contributed by atoms with E-state index in [0.717, 1.165) is 36.7 Å². The first-order valence-corrected chi connectivity index (χ1v) is 5.88. The molecule has 0 aliphatic rings. The Hall–Kier alpha value is -1.60. The second-order valence-corrected chi connectivity index (χ2v) is 3.94. The minimum atomic E-state index is 0.554. The summed E-state index contributed by atoms with van der Waals surface area (Å²) >= 11 is 0. The summed E-state index contributed by atoms with van der Waals surface area (Å²) in [6.45, 7) is 6.34. The van der Waals surface area contributed by atoms with Gasteiger partial charge in [0.15, 0.2) is 0 Å². The van der Waals surface area contributed by atoms with Gasteiger partial charge in [-0.05, 0) is 20.4 Å². The molecule has 0 spiro atoms. The molecule has 4 heteroatoms. The number of anilines is 1. The minimum absolute atomic E-state index is 0.554. The second-order valence-electron chi connectivity index (χ2n) is 3.94.